The molecule has 0 aromatic rings. The topological polar surface area (TPSA) is 72.3 Å². The van der Waals surface area contributed by atoms with E-state index in [4.69, 9.17) is 9.47 Å². The Balaban J connectivity index is 1.48. The van der Waals surface area contributed by atoms with Gasteiger partial charge >= 0.3 is 0 Å². The van der Waals surface area contributed by atoms with E-state index in [0.29, 0.717) is 42.5 Å². The van der Waals surface area contributed by atoms with Crippen LogP contribution in [0.2, 0.25) is 0 Å². The van der Waals surface area contributed by atoms with Gasteiger partial charge in [-0.2, -0.15) is 11.8 Å². The number of nitrogens with one attached hydrogen (secondary N) is 1. The molecule has 0 aromatic carbocycles. The highest BCUT2D eigenvalue weighted by molar-refractivity contribution is 8.00. The molecule has 1 aliphatic carbocycles. The normalized spacial score (nSPS) is 28.1. The molecule has 1 atom stereocenters. The minimum atomic E-state index is -1.33. The highest BCUT2D eigenvalue weighted by Crippen LogP contribution is 2.34. The molecule has 1 N–H and O–H groups in total. The first-order valence-corrected chi connectivity index (χ1v) is 11.1. The Morgan fingerprint density at radius 1 is 1.14 bits per heavy atom. The SMILES string of the molecule is O=C1NC(CSC2CCOCC2)=NC2=CC(=NCC3CCOCC3)C(F)=C(F)C12. The first-order chi connectivity index (χ1) is 14.1. The quantitative estimate of drug-likeness (QED) is 0.735. The van der Waals surface area contributed by atoms with Gasteiger partial charge in [-0.1, -0.05) is 0 Å². The molecule has 1 unspecified atom stereocenters. The Kier molecular flexibility index (Phi) is 6.77. The van der Waals surface area contributed by atoms with Crippen LogP contribution in [-0.4, -0.2) is 61.4 Å². The molecule has 3 heterocycles. The molecular formula is C20H25F2N3O3S. The highest BCUT2D eigenvalue weighted by Gasteiger charge is 2.39. The van der Waals surface area contributed by atoms with Crippen LogP contribution in [0.4, 0.5) is 8.78 Å². The van der Waals surface area contributed by atoms with E-state index in [-0.39, 0.29) is 11.4 Å². The van der Waals surface area contributed by atoms with Gasteiger partial charge in [-0.3, -0.25) is 9.79 Å². The molecule has 3 aliphatic heterocycles. The Hall–Kier alpha value is -1.58. The first kappa shape index (κ1) is 20.7. The summed E-state index contributed by atoms with van der Waals surface area (Å²) >= 11 is 1.70. The van der Waals surface area contributed by atoms with Crippen molar-refractivity contribution < 1.29 is 23.0 Å². The van der Waals surface area contributed by atoms with Crippen LogP contribution in [0.5, 0.6) is 0 Å². The van der Waals surface area contributed by atoms with Crippen molar-refractivity contribution in [2.45, 2.75) is 30.9 Å². The number of fused-ring (bicyclic) bond motifs is 1. The third-order valence-corrected chi connectivity index (χ3v) is 6.93. The van der Waals surface area contributed by atoms with Crippen molar-refractivity contribution in [3.63, 3.8) is 0 Å². The molecule has 0 spiro atoms. The van der Waals surface area contributed by atoms with Gasteiger partial charge in [-0.15, -0.1) is 0 Å². The lowest BCUT2D eigenvalue weighted by molar-refractivity contribution is -0.122. The van der Waals surface area contributed by atoms with Gasteiger partial charge < -0.3 is 14.8 Å². The third kappa shape index (κ3) is 4.95. The maximum atomic E-state index is 14.6. The molecule has 2 fully saturated rings. The summed E-state index contributed by atoms with van der Waals surface area (Å²) in [6, 6.07) is 0. The van der Waals surface area contributed by atoms with E-state index in [0.717, 1.165) is 38.9 Å². The molecule has 1 amide bonds. The van der Waals surface area contributed by atoms with Crippen molar-refractivity contribution in [1.82, 2.24) is 5.32 Å². The van der Waals surface area contributed by atoms with Gasteiger partial charge in [0.15, 0.2) is 11.7 Å². The second-order valence-electron chi connectivity index (χ2n) is 7.62. The Bertz CT molecular complexity index is 769. The molecule has 4 rings (SSSR count). The second-order valence-corrected chi connectivity index (χ2v) is 8.90. The van der Waals surface area contributed by atoms with E-state index < -0.39 is 23.5 Å². The number of hydrogen-bond donors (Lipinski definition) is 1. The van der Waals surface area contributed by atoms with Crippen LogP contribution in [0, 0.1) is 11.8 Å². The van der Waals surface area contributed by atoms with E-state index in [1.165, 1.54) is 6.08 Å². The molecule has 0 radical (unpaired) electrons. The number of amides is 1. The summed E-state index contributed by atoms with van der Waals surface area (Å²) in [5.41, 5.74) is 0.163. The van der Waals surface area contributed by atoms with Gasteiger partial charge in [0.1, 0.15) is 11.8 Å². The lowest BCUT2D eigenvalue weighted by Gasteiger charge is -2.27. The van der Waals surface area contributed by atoms with Gasteiger partial charge in [0, 0.05) is 38.2 Å². The van der Waals surface area contributed by atoms with Crippen LogP contribution in [0.3, 0.4) is 0 Å². The number of aliphatic imine (C=N–C) groups is 2. The monoisotopic (exact) mass is 425 g/mol. The van der Waals surface area contributed by atoms with Crippen molar-refractivity contribution >= 4 is 29.2 Å². The molecule has 0 bridgehead atoms. The number of amidine groups is 1. The van der Waals surface area contributed by atoms with E-state index in [2.05, 4.69) is 15.3 Å². The summed E-state index contributed by atoms with van der Waals surface area (Å²) in [5.74, 6) is -2.77. The van der Waals surface area contributed by atoms with Gasteiger partial charge in [0.05, 0.1) is 17.2 Å². The average Bonchev–Trinajstić information content (AvgIpc) is 2.75. The van der Waals surface area contributed by atoms with E-state index in [9.17, 15) is 13.6 Å². The zero-order chi connectivity index (χ0) is 20.2. The number of hydrogen-bond acceptors (Lipinski definition) is 6. The van der Waals surface area contributed by atoms with Crippen LogP contribution in [0.25, 0.3) is 0 Å². The zero-order valence-corrected chi connectivity index (χ0v) is 17.0. The lowest BCUT2D eigenvalue weighted by atomic mass is 9.93. The number of thioether (sulfide) groups is 1. The number of ether oxygens (including phenoxy) is 2. The largest absolute Gasteiger partial charge is 0.381 e. The van der Waals surface area contributed by atoms with Gasteiger partial charge in [-0.05, 0) is 37.7 Å². The first-order valence-electron chi connectivity index (χ1n) is 10.1. The minimum absolute atomic E-state index is 0.0601. The molecule has 158 valence electrons. The molecule has 9 heteroatoms. The molecular weight excluding hydrogens is 400 g/mol. The number of rotatable bonds is 5. The molecule has 29 heavy (non-hydrogen) atoms. The van der Waals surface area contributed by atoms with E-state index in [1.807, 2.05) is 0 Å². The van der Waals surface area contributed by atoms with Crippen molar-refractivity contribution in [3.05, 3.63) is 23.4 Å². The van der Waals surface area contributed by atoms with Gasteiger partial charge in [0.2, 0.25) is 5.91 Å². The molecule has 6 nitrogen and oxygen atoms in total. The Labute approximate surface area is 172 Å². The fourth-order valence-corrected chi connectivity index (χ4v) is 4.85. The van der Waals surface area contributed by atoms with Crippen LogP contribution in [0.1, 0.15) is 25.7 Å². The van der Waals surface area contributed by atoms with Gasteiger partial charge in [0.25, 0.3) is 0 Å². The summed E-state index contributed by atoms with van der Waals surface area (Å²) in [6.45, 7) is 3.24. The molecule has 2 saturated heterocycles. The van der Waals surface area contributed by atoms with Crippen LogP contribution >= 0.6 is 11.8 Å². The highest BCUT2D eigenvalue weighted by atomic mass is 32.2. The summed E-state index contributed by atoms with van der Waals surface area (Å²) in [7, 11) is 0. The average molecular weight is 426 g/mol. The number of allylic oxidation sites excluding steroid dienone is 2. The zero-order valence-electron chi connectivity index (χ0n) is 16.2. The number of halogens is 2. The Morgan fingerprint density at radius 3 is 2.55 bits per heavy atom. The van der Waals surface area contributed by atoms with Gasteiger partial charge in [-0.25, -0.2) is 13.8 Å². The Morgan fingerprint density at radius 2 is 1.83 bits per heavy atom. The molecule has 0 saturated carbocycles. The van der Waals surface area contributed by atoms with E-state index in [1.54, 1.807) is 11.8 Å². The number of nitrogens with zero attached hydrogens (tertiary/aromatic N) is 2. The van der Waals surface area contributed by atoms with Crippen molar-refractivity contribution in [1.29, 1.82) is 0 Å². The summed E-state index contributed by atoms with van der Waals surface area (Å²) in [5, 5.41) is 3.08. The minimum Gasteiger partial charge on any atom is -0.381 e. The fraction of sp³-hybridized carbons (Fsp3) is 0.650. The summed E-state index contributed by atoms with van der Waals surface area (Å²) in [4.78, 5) is 21.1. The molecule has 0 aromatic heterocycles. The maximum Gasteiger partial charge on any atom is 0.241 e. The van der Waals surface area contributed by atoms with Crippen LogP contribution in [-0.2, 0) is 14.3 Å². The predicted molar refractivity (Wildman–Crippen MR) is 109 cm³/mol. The number of carbonyl (C=O) groups excluding carboxylic acids is 1. The molecule has 4 aliphatic rings. The third-order valence-electron chi connectivity index (χ3n) is 5.55. The maximum absolute atomic E-state index is 14.6. The smallest absolute Gasteiger partial charge is 0.241 e. The van der Waals surface area contributed by atoms with Crippen molar-refractivity contribution in [2.24, 2.45) is 21.8 Å². The second kappa shape index (κ2) is 9.49. The number of carbonyl (C=O) groups is 1. The van der Waals surface area contributed by atoms with Crippen molar-refractivity contribution in [2.75, 3.05) is 38.7 Å². The van der Waals surface area contributed by atoms with Crippen molar-refractivity contribution in [3.8, 4) is 0 Å². The summed E-state index contributed by atoms with van der Waals surface area (Å²) < 4.78 is 39.8. The summed E-state index contributed by atoms with van der Waals surface area (Å²) in [6.07, 6.45) is 5.06. The standard InChI is InChI=1S/C20H25F2N3O3S/c21-18-15(23-10-12-1-5-27-6-2-12)9-14-17(19(18)22)20(26)25-16(24-14)11-29-13-3-7-28-8-4-13/h9,12-13,17H,1-8,10-11H2,(H,24,25,26). The van der Waals surface area contributed by atoms with Crippen LogP contribution < -0.4 is 5.32 Å². The lowest BCUT2D eigenvalue weighted by Crippen LogP contribution is -2.43. The van der Waals surface area contributed by atoms with E-state index >= 15 is 0 Å². The van der Waals surface area contributed by atoms with Crippen LogP contribution in [0.15, 0.2) is 33.4 Å². The predicted octanol–water partition coefficient (Wildman–Crippen LogP) is 2.96. The fourth-order valence-electron chi connectivity index (χ4n) is 3.79.